The highest BCUT2D eigenvalue weighted by Crippen LogP contribution is 2.17. The van der Waals surface area contributed by atoms with Crippen LogP contribution in [0.1, 0.15) is 6.42 Å². The first kappa shape index (κ1) is 5.53. The molecule has 0 aromatic rings. The smallest absolute Gasteiger partial charge is 0.274 e. The third kappa shape index (κ3) is 0.635. The molecule has 0 aromatic heterocycles. The fourth-order valence-corrected chi connectivity index (χ4v) is 1.11. The molecule has 0 unspecified atom stereocenters. The molecule has 0 aromatic carbocycles. The Balaban J connectivity index is 2.40. The summed E-state index contributed by atoms with van der Waals surface area (Å²) >= 11 is 0. The van der Waals surface area contributed by atoms with Crippen molar-refractivity contribution in [1.82, 2.24) is 0 Å². The summed E-state index contributed by atoms with van der Waals surface area (Å²) in [6.45, 7) is 0.533. The number of carbonyl (C=O) groups excluding carboxylic acids is 1. The van der Waals surface area contributed by atoms with Crippen LogP contribution in [0.4, 0.5) is 0 Å². The molecule has 50 valence electrons. The van der Waals surface area contributed by atoms with E-state index < -0.39 is 0 Å². The van der Waals surface area contributed by atoms with Gasteiger partial charge in [0.2, 0.25) is 0 Å². The van der Waals surface area contributed by atoms with Crippen molar-refractivity contribution in [2.45, 2.75) is 6.42 Å². The fourth-order valence-electron chi connectivity index (χ4n) is 1.11. The number of nitrogens with zero attached hydrogens (tertiary/aromatic N) is 2. The Labute approximate surface area is 58.2 Å². The zero-order valence-corrected chi connectivity index (χ0v) is 5.37. The molecule has 2 aliphatic rings. The van der Waals surface area contributed by atoms with Gasteiger partial charge < -0.3 is 0 Å². The predicted octanol–water partition coefficient (Wildman–Crippen LogP) is 0.369. The molecular weight excluding hydrogens is 128 g/mol. The molecule has 10 heavy (non-hydrogen) atoms. The first-order valence-electron chi connectivity index (χ1n) is 3.16. The topological polar surface area (TPSA) is 41.8 Å². The quantitative estimate of drug-likeness (QED) is 0.472. The zero-order valence-electron chi connectivity index (χ0n) is 5.37. The third-order valence-electron chi connectivity index (χ3n) is 1.66. The Kier molecular flexibility index (Phi) is 1.03. The van der Waals surface area contributed by atoms with Crippen molar-refractivity contribution in [3.8, 4) is 0 Å². The average Bonchev–Trinajstić information content (AvgIpc) is 2.36. The lowest BCUT2D eigenvalue weighted by Gasteiger charge is -2.02. The van der Waals surface area contributed by atoms with Crippen LogP contribution in [-0.4, -0.2) is 24.9 Å². The summed E-state index contributed by atoms with van der Waals surface area (Å²) in [5.74, 6) is -0.112. The summed E-state index contributed by atoms with van der Waals surface area (Å²) in [6.07, 6.45) is 4.17. The molecule has 0 radical (unpaired) electrons. The SMILES string of the molecule is O=C1N=CCC2=C1CN=C2. The minimum atomic E-state index is -0.112. The Bertz CT molecular complexity index is 273. The molecule has 2 aliphatic heterocycles. The maximum atomic E-state index is 10.9. The summed E-state index contributed by atoms with van der Waals surface area (Å²) < 4.78 is 0. The number of rotatable bonds is 0. The van der Waals surface area contributed by atoms with Crippen LogP contribution in [0, 0.1) is 0 Å². The second kappa shape index (κ2) is 1.87. The van der Waals surface area contributed by atoms with E-state index in [1.807, 2.05) is 0 Å². The van der Waals surface area contributed by atoms with Gasteiger partial charge >= 0.3 is 0 Å². The molecule has 0 N–H and O–H groups in total. The van der Waals surface area contributed by atoms with Gasteiger partial charge in [0.05, 0.1) is 6.54 Å². The lowest BCUT2D eigenvalue weighted by molar-refractivity contribution is -0.114. The van der Waals surface area contributed by atoms with E-state index in [4.69, 9.17) is 0 Å². The number of allylic oxidation sites excluding steroid dienone is 1. The molecule has 0 aliphatic carbocycles. The molecule has 2 rings (SSSR count). The van der Waals surface area contributed by atoms with Crippen molar-refractivity contribution < 1.29 is 4.79 Å². The number of hydrogen-bond donors (Lipinski definition) is 0. The summed E-state index contributed by atoms with van der Waals surface area (Å²) in [6, 6.07) is 0. The van der Waals surface area contributed by atoms with Crippen molar-refractivity contribution in [3.63, 3.8) is 0 Å². The summed E-state index contributed by atoms with van der Waals surface area (Å²) in [5, 5.41) is 0. The van der Waals surface area contributed by atoms with Crippen LogP contribution >= 0.6 is 0 Å². The van der Waals surface area contributed by atoms with Crippen LogP contribution in [0.25, 0.3) is 0 Å². The highest BCUT2D eigenvalue weighted by Gasteiger charge is 2.18. The normalized spacial score (nSPS) is 22.2. The number of dihydropyridines is 1. The molecule has 0 saturated heterocycles. The van der Waals surface area contributed by atoms with Crippen molar-refractivity contribution in [2.75, 3.05) is 6.54 Å². The van der Waals surface area contributed by atoms with Crippen LogP contribution in [0.3, 0.4) is 0 Å². The van der Waals surface area contributed by atoms with Crippen LogP contribution in [0.15, 0.2) is 21.1 Å². The zero-order chi connectivity index (χ0) is 6.97. The fraction of sp³-hybridized carbons (Fsp3) is 0.286. The van der Waals surface area contributed by atoms with Crippen LogP contribution in [0.5, 0.6) is 0 Å². The van der Waals surface area contributed by atoms with Crippen LogP contribution in [0.2, 0.25) is 0 Å². The molecule has 2 heterocycles. The first-order chi connectivity index (χ1) is 4.88. The van der Waals surface area contributed by atoms with Gasteiger partial charge in [-0.2, -0.15) is 0 Å². The van der Waals surface area contributed by atoms with E-state index in [-0.39, 0.29) is 5.91 Å². The Morgan fingerprint density at radius 3 is 3.20 bits per heavy atom. The maximum absolute atomic E-state index is 10.9. The van der Waals surface area contributed by atoms with Gasteiger partial charge in [0.25, 0.3) is 5.91 Å². The van der Waals surface area contributed by atoms with Crippen LogP contribution < -0.4 is 0 Å². The summed E-state index contributed by atoms with van der Waals surface area (Å²) in [7, 11) is 0. The van der Waals surface area contributed by atoms with Crippen molar-refractivity contribution >= 4 is 18.3 Å². The van der Waals surface area contributed by atoms with Gasteiger partial charge in [0.1, 0.15) is 0 Å². The number of amides is 1. The van der Waals surface area contributed by atoms with Gasteiger partial charge in [-0.15, -0.1) is 0 Å². The Hall–Kier alpha value is -1.25. The van der Waals surface area contributed by atoms with Gasteiger partial charge in [-0.1, -0.05) is 0 Å². The van der Waals surface area contributed by atoms with E-state index in [1.54, 1.807) is 12.4 Å². The molecule has 0 spiro atoms. The van der Waals surface area contributed by atoms with Crippen molar-refractivity contribution in [3.05, 3.63) is 11.1 Å². The summed E-state index contributed by atoms with van der Waals surface area (Å²) in [5.41, 5.74) is 1.82. The van der Waals surface area contributed by atoms with Gasteiger partial charge in [-0.05, 0) is 5.57 Å². The molecule has 3 nitrogen and oxygen atoms in total. The average molecular weight is 134 g/mol. The van der Waals surface area contributed by atoms with E-state index >= 15 is 0 Å². The molecule has 3 heteroatoms. The van der Waals surface area contributed by atoms with Gasteiger partial charge in [-0.3, -0.25) is 9.79 Å². The molecule has 0 saturated carbocycles. The number of aliphatic imine (C=N–C) groups is 2. The Morgan fingerprint density at radius 2 is 2.40 bits per heavy atom. The molecule has 0 atom stereocenters. The molecule has 0 bridgehead atoms. The van der Waals surface area contributed by atoms with Crippen molar-refractivity contribution in [1.29, 1.82) is 0 Å². The lowest BCUT2D eigenvalue weighted by Crippen LogP contribution is -2.08. The second-order valence-corrected chi connectivity index (χ2v) is 2.29. The first-order valence-corrected chi connectivity index (χ1v) is 3.16. The standard InChI is InChI=1S/C7H6N2O/c10-7-6-4-8-3-5(6)1-2-9-7/h2-3H,1,4H2. The lowest BCUT2D eigenvalue weighted by atomic mass is 10.1. The van der Waals surface area contributed by atoms with E-state index in [0.717, 1.165) is 17.6 Å². The van der Waals surface area contributed by atoms with E-state index in [9.17, 15) is 4.79 Å². The van der Waals surface area contributed by atoms with Gasteiger partial charge in [0.15, 0.2) is 0 Å². The van der Waals surface area contributed by atoms with E-state index in [2.05, 4.69) is 9.98 Å². The third-order valence-corrected chi connectivity index (χ3v) is 1.66. The van der Waals surface area contributed by atoms with Gasteiger partial charge in [0, 0.05) is 24.4 Å². The molecular formula is C7H6N2O. The van der Waals surface area contributed by atoms with Gasteiger partial charge in [-0.25, -0.2) is 4.99 Å². The highest BCUT2D eigenvalue weighted by atomic mass is 16.1. The molecule has 1 amide bonds. The Morgan fingerprint density at radius 1 is 1.50 bits per heavy atom. The van der Waals surface area contributed by atoms with E-state index in [0.29, 0.717) is 6.54 Å². The number of carbonyl (C=O) groups is 1. The monoisotopic (exact) mass is 134 g/mol. The predicted molar refractivity (Wildman–Crippen MR) is 38.5 cm³/mol. The minimum absolute atomic E-state index is 0.112. The summed E-state index contributed by atoms with van der Waals surface area (Å²) in [4.78, 5) is 18.6. The van der Waals surface area contributed by atoms with Crippen LogP contribution in [-0.2, 0) is 4.79 Å². The van der Waals surface area contributed by atoms with E-state index in [1.165, 1.54) is 0 Å². The second-order valence-electron chi connectivity index (χ2n) is 2.29. The molecule has 0 fully saturated rings. The van der Waals surface area contributed by atoms with Crippen molar-refractivity contribution in [2.24, 2.45) is 9.98 Å². The number of hydrogen-bond acceptors (Lipinski definition) is 2. The largest absolute Gasteiger partial charge is 0.288 e. The maximum Gasteiger partial charge on any atom is 0.274 e. The highest BCUT2D eigenvalue weighted by molar-refractivity contribution is 6.09. The minimum Gasteiger partial charge on any atom is -0.288 e.